The van der Waals surface area contributed by atoms with Crippen LogP contribution >= 0.6 is 0 Å². The third-order valence-electron chi connectivity index (χ3n) is 4.36. The molecule has 1 fully saturated rings. The number of benzene rings is 1. The molecule has 0 spiro atoms. The first-order valence-corrected chi connectivity index (χ1v) is 8.63. The van der Waals surface area contributed by atoms with Gasteiger partial charge in [0.05, 0.1) is 17.7 Å². The van der Waals surface area contributed by atoms with Crippen molar-refractivity contribution in [1.82, 2.24) is 15.8 Å². The fourth-order valence-electron chi connectivity index (χ4n) is 3.02. The Morgan fingerprint density at radius 2 is 2.00 bits per heavy atom. The van der Waals surface area contributed by atoms with Gasteiger partial charge in [-0.1, -0.05) is 11.8 Å². The van der Waals surface area contributed by atoms with Gasteiger partial charge >= 0.3 is 0 Å². The topological polar surface area (TPSA) is 82.3 Å². The molecular formula is C20H16FN5O. The molecule has 27 heavy (non-hydrogen) atoms. The van der Waals surface area contributed by atoms with Gasteiger partial charge in [-0.05, 0) is 49.7 Å². The molecule has 0 amide bonds. The van der Waals surface area contributed by atoms with E-state index in [4.69, 9.17) is 10.1 Å². The molecule has 1 aromatic heterocycles. The minimum atomic E-state index is -0.483. The normalized spacial score (nSPS) is 21.0. The van der Waals surface area contributed by atoms with E-state index in [1.807, 2.05) is 12.1 Å². The van der Waals surface area contributed by atoms with Gasteiger partial charge in [0.25, 0.3) is 0 Å². The summed E-state index contributed by atoms with van der Waals surface area (Å²) >= 11 is 0. The van der Waals surface area contributed by atoms with E-state index in [-0.39, 0.29) is 17.8 Å². The molecule has 2 unspecified atom stereocenters. The number of hydroxylamine groups is 1. The minimum absolute atomic E-state index is 0.227. The maximum atomic E-state index is 13.4. The van der Waals surface area contributed by atoms with E-state index in [1.54, 1.807) is 18.3 Å². The lowest BCUT2D eigenvalue weighted by molar-refractivity contribution is 0.0184. The van der Waals surface area contributed by atoms with Crippen molar-refractivity contribution in [1.29, 1.82) is 5.26 Å². The van der Waals surface area contributed by atoms with Crippen LogP contribution < -0.4 is 10.8 Å². The third-order valence-corrected chi connectivity index (χ3v) is 4.36. The van der Waals surface area contributed by atoms with E-state index in [0.29, 0.717) is 22.7 Å². The Morgan fingerprint density at radius 3 is 2.74 bits per heavy atom. The van der Waals surface area contributed by atoms with Crippen molar-refractivity contribution in [3.05, 3.63) is 64.7 Å². The number of hydrogen-bond donors (Lipinski definition) is 2. The van der Waals surface area contributed by atoms with Gasteiger partial charge in [-0.25, -0.2) is 19.7 Å². The van der Waals surface area contributed by atoms with Gasteiger partial charge < -0.3 is 5.32 Å². The average molecular weight is 361 g/mol. The number of nitrogens with one attached hydrogen (secondary N) is 2. The standard InChI is InChI=1S/C20H16FN5O/c21-16-9-14(8-15(10-16)11-22)4-3-13-5-6-17(24-12-13)19-25-20(27-26-19)18-2-1-7-23-18/h5-6,8-10,12,18,20,23H,1-2,7H2,(H,25,26). The Bertz CT molecular complexity index is 978. The number of halogens is 1. The predicted octanol–water partition coefficient (Wildman–Crippen LogP) is 1.85. The summed E-state index contributed by atoms with van der Waals surface area (Å²) in [5.41, 5.74) is 4.86. The predicted molar refractivity (Wildman–Crippen MR) is 96.9 cm³/mol. The average Bonchev–Trinajstić information content (AvgIpc) is 3.38. The van der Waals surface area contributed by atoms with E-state index >= 15 is 0 Å². The maximum absolute atomic E-state index is 13.4. The van der Waals surface area contributed by atoms with Gasteiger partial charge in [-0.15, -0.1) is 0 Å². The van der Waals surface area contributed by atoms with Crippen LogP contribution in [-0.4, -0.2) is 29.6 Å². The number of aromatic nitrogens is 1. The summed E-state index contributed by atoms with van der Waals surface area (Å²) in [5, 5.41) is 12.3. The third kappa shape index (κ3) is 3.95. The SMILES string of the molecule is N#Cc1cc(F)cc(C#Cc2ccc(C3=NC(C4CCCN4)ON3)nc2)c1. The van der Waals surface area contributed by atoms with E-state index < -0.39 is 5.82 Å². The van der Waals surface area contributed by atoms with Crippen LogP contribution in [0.2, 0.25) is 0 Å². The lowest BCUT2D eigenvalue weighted by Crippen LogP contribution is -2.35. The number of nitriles is 1. The van der Waals surface area contributed by atoms with Gasteiger partial charge in [-0.3, -0.25) is 4.98 Å². The van der Waals surface area contributed by atoms with Crippen molar-refractivity contribution in [3.8, 4) is 17.9 Å². The molecule has 6 nitrogen and oxygen atoms in total. The zero-order valence-corrected chi connectivity index (χ0v) is 14.4. The van der Waals surface area contributed by atoms with Crippen molar-refractivity contribution >= 4 is 5.84 Å². The first-order valence-electron chi connectivity index (χ1n) is 8.63. The van der Waals surface area contributed by atoms with Crippen LogP contribution in [0.25, 0.3) is 0 Å². The first kappa shape index (κ1) is 17.2. The summed E-state index contributed by atoms with van der Waals surface area (Å²) in [5.74, 6) is 5.88. The number of aliphatic imine (C=N–C) groups is 1. The minimum Gasteiger partial charge on any atom is -0.310 e. The van der Waals surface area contributed by atoms with Crippen LogP contribution in [-0.2, 0) is 4.84 Å². The number of rotatable bonds is 2. The Labute approximate surface area is 156 Å². The lowest BCUT2D eigenvalue weighted by Gasteiger charge is -2.13. The highest BCUT2D eigenvalue weighted by molar-refractivity contribution is 5.97. The molecule has 0 aliphatic carbocycles. The summed E-state index contributed by atoms with van der Waals surface area (Å²) in [6.45, 7) is 0.988. The fraction of sp³-hybridized carbons (Fsp3) is 0.250. The fourth-order valence-corrected chi connectivity index (χ4v) is 3.02. The lowest BCUT2D eigenvalue weighted by atomic mass is 10.1. The van der Waals surface area contributed by atoms with Gasteiger partial charge in [-0.2, -0.15) is 5.26 Å². The highest BCUT2D eigenvalue weighted by atomic mass is 19.1. The second-order valence-electron chi connectivity index (χ2n) is 6.31. The Morgan fingerprint density at radius 1 is 1.15 bits per heavy atom. The van der Waals surface area contributed by atoms with E-state index in [0.717, 1.165) is 19.4 Å². The molecule has 134 valence electrons. The molecule has 2 aliphatic heterocycles. The van der Waals surface area contributed by atoms with Crippen LogP contribution in [0, 0.1) is 29.0 Å². The van der Waals surface area contributed by atoms with Crippen LogP contribution in [0.3, 0.4) is 0 Å². The van der Waals surface area contributed by atoms with Crippen LogP contribution in [0.15, 0.2) is 41.5 Å². The summed E-state index contributed by atoms with van der Waals surface area (Å²) in [4.78, 5) is 14.4. The molecule has 0 bridgehead atoms. The van der Waals surface area contributed by atoms with Crippen molar-refractivity contribution in [3.63, 3.8) is 0 Å². The summed E-state index contributed by atoms with van der Waals surface area (Å²) < 4.78 is 13.4. The first-order chi connectivity index (χ1) is 13.2. The second-order valence-corrected chi connectivity index (χ2v) is 6.31. The van der Waals surface area contributed by atoms with Gasteiger partial charge in [0.1, 0.15) is 11.5 Å². The molecule has 2 atom stereocenters. The molecule has 2 aromatic rings. The molecule has 2 N–H and O–H groups in total. The zero-order valence-electron chi connectivity index (χ0n) is 14.4. The van der Waals surface area contributed by atoms with Gasteiger partial charge in [0, 0.05) is 17.3 Å². The van der Waals surface area contributed by atoms with E-state index in [9.17, 15) is 4.39 Å². The maximum Gasteiger partial charge on any atom is 0.192 e. The van der Waals surface area contributed by atoms with Crippen molar-refractivity contribution < 1.29 is 9.23 Å². The number of amidine groups is 1. The smallest absolute Gasteiger partial charge is 0.192 e. The molecular weight excluding hydrogens is 345 g/mol. The molecule has 3 heterocycles. The molecule has 0 saturated carbocycles. The van der Waals surface area contributed by atoms with E-state index in [2.05, 4.69) is 32.6 Å². The Hall–Kier alpha value is -3.26. The number of nitrogens with zero attached hydrogens (tertiary/aromatic N) is 3. The highest BCUT2D eigenvalue weighted by Crippen LogP contribution is 2.17. The number of pyridine rings is 1. The van der Waals surface area contributed by atoms with Gasteiger partial charge in [0.15, 0.2) is 12.1 Å². The monoisotopic (exact) mass is 361 g/mol. The largest absolute Gasteiger partial charge is 0.310 e. The molecule has 7 heteroatoms. The Kier molecular flexibility index (Phi) is 4.80. The zero-order chi connectivity index (χ0) is 18.6. The quantitative estimate of drug-likeness (QED) is 0.798. The van der Waals surface area contributed by atoms with Crippen LogP contribution in [0.1, 0.15) is 35.2 Å². The van der Waals surface area contributed by atoms with Crippen LogP contribution in [0.5, 0.6) is 0 Å². The van der Waals surface area contributed by atoms with Crippen LogP contribution in [0.4, 0.5) is 4.39 Å². The highest BCUT2D eigenvalue weighted by Gasteiger charge is 2.30. The Balaban J connectivity index is 1.48. The summed E-state index contributed by atoms with van der Waals surface area (Å²) in [7, 11) is 0. The van der Waals surface area contributed by atoms with Crippen molar-refractivity contribution in [2.45, 2.75) is 25.1 Å². The molecule has 2 aliphatic rings. The second kappa shape index (κ2) is 7.55. The summed E-state index contributed by atoms with van der Waals surface area (Å²) in [6, 6.07) is 9.76. The van der Waals surface area contributed by atoms with Crippen molar-refractivity contribution in [2.75, 3.05) is 6.54 Å². The van der Waals surface area contributed by atoms with Crippen molar-refractivity contribution in [2.24, 2.45) is 4.99 Å². The molecule has 1 aromatic carbocycles. The molecule has 0 radical (unpaired) electrons. The molecule has 1 saturated heterocycles. The summed E-state index contributed by atoms with van der Waals surface area (Å²) in [6.07, 6.45) is 3.55. The molecule has 4 rings (SSSR count). The number of hydrogen-bond acceptors (Lipinski definition) is 6. The van der Waals surface area contributed by atoms with Gasteiger partial charge in [0.2, 0.25) is 0 Å². The van der Waals surface area contributed by atoms with E-state index in [1.165, 1.54) is 12.1 Å².